The minimum atomic E-state index is -5.45. The van der Waals surface area contributed by atoms with Crippen molar-refractivity contribution in [1.82, 2.24) is 14.4 Å². The molecule has 0 spiro atoms. The third-order valence-electron chi connectivity index (χ3n) is 6.34. The molecule has 13 heteroatoms. The normalized spacial score (nSPS) is 19.1. The van der Waals surface area contributed by atoms with Crippen molar-refractivity contribution in [2.45, 2.75) is 51.3 Å². The van der Waals surface area contributed by atoms with Gasteiger partial charge in [-0.3, -0.25) is 9.20 Å². The van der Waals surface area contributed by atoms with Crippen molar-refractivity contribution < 1.29 is 41.0 Å². The van der Waals surface area contributed by atoms with E-state index in [0.717, 1.165) is 0 Å². The van der Waals surface area contributed by atoms with Crippen LogP contribution in [-0.2, 0) is 24.7 Å². The molecule has 2 N–H and O–H groups in total. The first kappa shape index (κ1) is 26.3. The van der Waals surface area contributed by atoms with E-state index in [1.807, 2.05) is 0 Å². The van der Waals surface area contributed by atoms with E-state index in [1.54, 1.807) is 24.4 Å². The largest absolute Gasteiger partial charge is 0.490 e. The van der Waals surface area contributed by atoms with Crippen molar-refractivity contribution >= 4 is 23.4 Å². The number of nitrogens with zero attached hydrogens (tertiary/aromatic N) is 3. The zero-order valence-corrected chi connectivity index (χ0v) is 20.0. The van der Waals surface area contributed by atoms with Crippen molar-refractivity contribution in [3.63, 3.8) is 0 Å². The molecule has 1 aromatic carbocycles. The molecule has 1 fully saturated rings. The van der Waals surface area contributed by atoms with Crippen LogP contribution in [-0.4, -0.2) is 45.5 Å². The third kappa shape index (κ3) is 4.81. The molecule has 2 heterocycles. The second-order valence-electron chi connectivity index (χ2n) is 8.91. The second kappa shape index (κ2) is 9.27. The first-order valence-corrected chi connectivity index (χ1v) is 11.3. The number of rotatable bonds is 7. The topological polar surface area (TPSA) is 109 Å². The first-order valence-electron chi connectivity index (χ1n) is 11.3. The Morgan fingerprint density at radius 2 is 1.97 bits per heavy atom. The number of hydrogen-bond acceptors (Lipinski definition) is 7. The van der Waals surface area contributed by atoms with Gasteiger partial charge >= 0.3 is 18.1 Å². The fourth-order valence-electron chi connectivity index (χ4n) is 4.13. The van der Waals surface area contributed by atoms with Crippen molar-refractivity contribution in [2.75, 3.05) is 12.3 Å². The lowest BCUT2D eigenvalue weighted by Gasteiger charge is -2.30. The van der Waals surface area contributed by atoms with Crippen LogP contribution in [0.15, 0.2) is 30.6 Å². The van der Waals surface area contributed by atoms with Crippen LogP contribution in [0, 0.1) is 12.8 Å². The van der Waals surface area contributed by atoms with Crippen molar-refractivity contribution in [3.8, 4) is 11.3 Å². The Morgan fingerprint density at radius 1 is 1.27 bits per heavy atom. The summed E-state index contributed by atoms with van der Waals surface area (Å²) >= 11 is 0. The smallest absolute Gasteiger partial charge is 0.466 e. The molecule has 3 atom stereocenters. The fraction of sp³-hybridized carbons (Fsp3) is 0.417. The van der Waals surface area contributed by atoms with Crippen molar-refractivity contribution in [2.24, 2.45) is 5.92 Å². The molecule has 2 aromatic heterocycles. The van der Waals surface area contributed by atoms with Gasteiger partial charge in [0.2, 0.25) is 0 Å². The molecule has 1 aliphatic carbocycles. The number of esters is 2. The van der Waals surface area contributed by atoms with E-state index in [0.29, 0.717) is 35.9 Å². The molecule has 3 aromatic rings. The number of carbonyl (C=O) groups is 2. The zero-order valence-electron chi connectivity index (χ0n) is 20.0. The summed E-state index contributed by atoms with van der Waals surface area (Å²) in [4.78, 5) is 32.1. The third-order valence-corrected chi connectivity index (χ3v) is 6.34. The summed E-state index contributed by atoms with van der Waals surface area (Å²) in [6, 6.07) is 3.83. The number of anilines is 1. The number of aromatic nitrogens is 3. The number of fused-ring (bicyclic) bond motifs is 1. The van der Waals surface area contributed by atoms with Gasteiger partial charge in [0.05, 0.1) is 30.1 Å². The highest BCUT2D eigenvalue weighted by atomic mass is 19.4. The quantitative estimate of drug-likeness (QED) is 0.356. The molecule has 8 nitrogen and oxygen atoms in total. The molecule has 0 saturated heterocycles. The minimum Gasteiger partial charge on any atom is -0.466 e. The average molecular weight is 526 g/mol. The molecule has 0 radical (unpaired) electrons. The van der Waals surface area contributed by atoms with E-state index >= 15 is 0 Å². The number of imidazole rings is 1. The molecule has 0 amide bonds. The number of nitrogen functional groups attached to an aromatic ring is 1. The summed E-state index contributed by atoms with van der Waals surface area (Å²) in [5, 5.41) is 0. The van der Waals surface area contributed by atoms with Crippen LogP contribution in [0.25, 0.3) is 16.9 Å². The van der Waals surface area contributed by atoms with Gasteiger partial charge in [0.15, 0.2) is 17.1 Å². The summed E-state index contributed by atoms with van der Waals surface area (Å²) in [6.45, 7) is 4.33. The zero-order chi connectivity index (χ0) is 27.3. The molecule has 4 rings (SSSR count). The number of ether oxygens (including phenoxy) is 2. The molecular weight excluding hydrogens is 503 g/mol. The standard InChI is InChI=1S/C24H23F5N4O4/c1-4-36-20(34)15-8-14(15)16-10-33-17(9-31-19(33)18(30)32-16)13-7-12(6-5-11(13)2)23(3,21(25)26)37-22(35)24(27,28)29/h5-7,9-10,14-15,21H,4,8H2,1-3H3,(H2,30,32). The number of aryl methyl sites for hydroxylation is 1. The Labute approximate surface area is 207 Å². The molecule has 0 aliphatic heterocycles. The van der Waals surface area contributed by atoms with Gasteiger partial charge in [-0.15, -0.1) is 0 Å². The van der Waals surface area contributed by atoms with Gasteiger partial charge in [-0.2, -0.15) is 13.2 Å². The first-order chi connectivity index (χ1) is 17.3. The summed E-state index contributed by atoms with van der Waals surface area (Å²) in [5.41, 5.74) is 4.95. The highest BCUT2D eigenvalue weighted by Crippen LogP contribution is 2.48. The summed E-state index contributed by atoms with van der Waals surface area (Å²) in [5.74, 6) is -3.59. The van der Waals surface area contributed by atoms with E-state index in [9.17, 15) is 31.5 Å². The lowest BCUT2D eigenvalue weighted by molar-refractivity contribution is -0.226. The summed E-state index contributed by atoms with van der Waals surface area (Å²) in [6.07, 6.45) is -5.35. The van der Waals surface area contributed by atoms with E-state index in [4.69, 9.17) is 10.5 Å². The maximum absolute atomic E-state index is 14.0. The van der Waals surface area contributed by atoms with Gasteiger partial charge in [-0.25, -0.2) is 23.5 Å². The number of carbonyl (C=O) groups excluding carboxylic acids is 2. The van der Waals surface area contributed by atoms with Gasteiger partial charge < -0.3 is 15.2 Å². The Balaban J connectivity index is 1.77. The highest BCUT2D eigenvalue weighted by Gasteiger charge is 2.50. The van der Waals surface area contributed by atoms with Crippen LogP contribution in [0.2, 0.25) is 0 Å². The van der Waals surface area contributed by atoms with Crippen LogP contribution in [0.5, 0.6) is 0 Å². The molecule has 198 valence electrons. The minimum absolute atomic E-state index is 0.0728. The van der Waals surface area contributed by atoms with E-state index in [2.05, 4.69) is 14.7 Å². The number of benzene rings is 1. The Kier molecular flexibility index (Phi) is 6.59. The average Bonchev–Trinajstić information content (AvgIpc) is 3.51. The predicted molar refractivity (Wildman–Crippen MR) is 121 cm³/mol. The molecule has 1 aliphatic rings. The Hall–Kier alpha value is -3.77. The lowest BCUT2D eigenvalue weighted by atomic mass is 9.91. The van der Waals surface area contributed by atoms with Gasteiger partial charge in [0.25, 0.3) is 6.43 Å². The van der Waals surface area contributed by atoms with Crippen LogP contribution < -0.4 is 5.73 Å². The predicted octanol–water partition coefficient (Wildman–Crippen LogP) is 4.54. The summed E-state index contributed by atoms with van der Waals surface area (Å²) in [7, 11) is 0. The monoisotopic (exact) mass is 526 g/mol. The molecule has 0 bridgehead atoms. The van der Waals surface area contributed by atoms with E-state index < -0.39 is 24.2 Å². The molecular formula is C24H23F5N4O4. The molecule has 37 heavy (non-hydrogen) atoms. The SMILES string of the molecule is CCOC(=O)C1CC1c1cn2c(-c3cc(C(C)(OC(=O)C(F)(F)F)C(F)F)ccc3C)cnc2c(N)n1. The van der Waals surface area contributed by atoms with Crippen LogP contribution in [0.3, 0.4) is 0 Å². The lowest BCUT2D eigenvalue weighted by Crippen LogP contribution is -2.41. The number of hydrogen-bond donors (Lipinski definition) is 1. The van der Waals surface area contributed by atoms with Gasteiger partial charge in [-0.1, -0.05) is 12.1 Å². The molecule has 1 saturated carbocycles. The van der Waals surface area contributed by atoms with Gasteiger partial charge in [0, 0.05) is 23.2 Å². The second-order valence-corrected chi connectivity index (χ2v) is 8.91. The van der Waals surface area contributed by atoms with Gasteiger partial charge in [-0.05, 0) is 38.8 Å². The molecule has 3 unspecified atom stereocenters. The number of alkyl halides is 5. The fourth-order valence-corrected chi connectivity index (χ4v) is 4.13. The Morgan fingerprint density at radius 3 is 2.59 bits per heavy atom. The van der Waals surface area contributed by atoms with E-state index in [1.165, 1.54) is 24.4 Å². The Bertz CT molecular complexity index is 1370. The van der Waals surface area contributed by atoms with Crippen molar-refractivity contribution in [1.29, 1.82) is 0 Å². The van der Waals surface area contributed by atoms with Crippen LogP contribution in [0.1, 0.15) is 43.0 Å². The van der Waals surface area contributed by atoms with Gasteiger partial charge in [0.1, 0.15) is 0 Å². The maximum atomic E-state index is 14.0. The number of halogens is 5. The van der Waals surface area contributed by atoms with E-state index in [-0.39, 0.29) is 41.4 Å². The van der Waals surface area contributed by atoms with Crippen LogP contribution >= 0.6 is 0 Å². The number of nitrogens with two attached hydrogens (primary N) is 1. The van der Waals surface area contributed by atoms with Crippen molar-refractivity contribution in [3.05, 3.63) is 47.4 Å². The summed E-state index contributed by atoms with van der Waals surface area (Å²) < 4.78 is 77.2. The highest BCUT2D eigenvalue weighted by molar-refractivity contribution is 5.78. The van der Waals surface area contributed by atoms with Crippen LogP contribution in [0.4, 0.5) is 27.8 Å². The maximum Gasteiger partial charge on any atom is 0.490 e.